The number of alkyl halides is 3. The molecule has 0 N–H and O–H groups in total. The molecule has 1 aromatic heterocycles. The molecular formula is C20H14F5NO3. The Morgan fingerprint density at radius 1 is 1.10 bits per heavy atom. The molecule has 0 unspecified atom stereocenters. The maximum absolute atomic E-state index is 13.8. The molecule has 3 rings (SSSR count). The van der Waals surface area contributed by atoms with Gasteiger partial charge in [0.2, 0.25) is 0 Å². The Morgan fingerprint density at radius 3 is 2.62 bits per heavy atom. The van der Waals surface area contributed by atoms with E-state index in [1.807, 2.05) is 0 Å². The quantitative estimate of drug-likeness (QED) is 0.407. The number of aryl methyl sites for hydroxylation is 1. The van der Waals surface area contributed by atoms with Gasteiger partial charge in [0.15, 0.2) is 11.7 Å². The lowest BCUT2D eigenvalue weighted by atomic mass is 10.1. The van der Waals surface area contributed by atoms with Crippen LogP contribution < -0.4 is 0 Å². The van der Waals surface area contributed by atoms with Crippen LogP contribution >= 0.6 is 0 Å². The number of rotatable bonds is 6. The van der Waals surface area contributed by atoms with Gasteiger partial charge in [-0.1, -0.05) is 12.1 Å². The van der Waals surface area contributed by atoms with Gasteiger partial charge in [0.1, 0.15) is 18.2 Å². The van der Waals surface area contributed by atoms with Gasteiger partial charge in [-0.05, 0) is 29.8 Å². The minimum Gasteiger partial charge on any atom is -0.461 e. The average molecular weight is 411 g/mol. The van der Waals surface area contributed by atoms with Crippen LogP contribution in [0.25, 0.3) is 11.3 Å². The summed E-state index contributed by atoms with van der Waals surface area (Å²) in [7, 11) is 0. The fourth-order valence-electron chi connectivity index (χ4n) is 2.52. The molecule has 0 bridgehead atoms. The smallest absolute Gasteiger partial charge is 0.416 e. The van der Waals surface area contributed by atoms with E-state index in [0.717, 1.165) is 18.2 Å². The third-order valence-electron chi connectivity index (χ3n) is 3.95. The molecule has 152 valence electrons. The van der Waals surface area contributed by atoms with E-state index >= 15 is 0 Å². The molecule has 0 saturated carbocycles. The molecule has 2 aromatic carbocycles. The van der Waals surface area contributed by atoms with E-state index in [2.05, 4.69) is 4.98 Å². The summed E-state index contributed by atoms with van der Waals surface area (Å²) >= 11 is 0. The summed E-state index contributed by atoms with van der Waals surface area (Å²) in [6, 6.07) is 7.47. The van der Waals surface area contributed by atoms with Gasteiger partial charge in [-0.2, -0.15) is 13.2 Å². The first-order valence-electron chi connectivity index (χ1n) is 8.44. The van der Waals surface area contributed by atoms with Crippen LogP contribution in [0.2, 0.25) is 0 Å². The van der Waals surface area contributed by atoms with E-state index in [9.17, 15) is 26.7 Å². The Hall–Kier alpha value is -3.23. The molecule has 0 aliphatic rings. The number of nitrogens with zero attached hydrogens (tertiary/aromatic N) is 1. The number of esters is 1. The first-order valence-corrected chi connectivity index (χ1v) is 8.44. The summed E-state index contributed by atoms with van der Waals surface area (Å²) in [4.78, 5) is 15.7. The molecular weight excluding hydrogens is 397 g/mol. The zero-order chi connectivity index (χ0) is 21.0. The van der Waals surface area contributed by atoms with Crippen molar-refractivity contribution in [3.05, 3.63) is 77.3 Å². The first-order chi connectivity index (χ1) is 13.7. The topological polar surface area (TPSA) is 52.3 Å². The molecule has 4 nitrogen and oxygen atoms in total. The van der Waals surface area contributed by atoms with Crippen LogP contribution in [-0.4, -0.2) is 11.0 Å². The molecule has 0 atom stereocenters. The van der Waals surface area contributed by atoms with Crippen LogP contribution in [0, 0.1) is 11.6 Å². The minimum absolute atomic E-state index is 0.0253. The number of carbonyl (C=O) groups excluding carboxylic acids is 1. The van der Waals surface area contributed by atoms with Crippen molar-refractivity contribution >= 4 is 5.97 Å². The van der Waals surface area contributed by atoms with Crippen molar-refractivity contribution in [1.29, 1.82) is 0 Å². The fourth-order valence-corrected chi connectivity index (χ4v) is 2.52. The van der Waals surface area contributed by atoms with E-state index in [4.69, 9.17) is 9.15 Å². The van der Waals surface area contributed by atoms with Crippen molar-refractivity contribution in [2.24, 2.45) is 0 Å². The molecule has 3 aromatic rings. The highest BCUT2D eigenvalue weighted by atomic mass is 19.4. The van der Waals surface area contributed by atoms with Gasteiger partial charge in [-0.15, -0.1) is 0 Å². The molecule has 1 heterocycles. The molecule has 0 radical (unpaired) electrons. The predicted molar refractivity (Wildman–Crippen MR) is 91.4 cm³/mol. The third kappa shape index (κ3) is 5.40. The lowest BCUT2D eigenvalue weighted by Crippen LogP contribution is -2.08. The SMILES string of the molecule is O=C(CCc1ncc(-c2ccc(F)cc2F)o1)OCc1cccc(C(F)(F)F)c1. The van der Waals surface area contributed by atoms with Crippen molar-refractivity contribution in [3.63, 3.8) is 0 Å². The van der Waals surface area contributed by atoms with Crippen LogP contribution in [0.15, 0.2) is 53.1 Å². The molecule has 0 saturated heterocycles. The summed E-state index contributed by atoms with van der Waals surface area (Å²) in [5.41, 5.74) is -0.595. The zero-order valence-corrected chi connectivity index (χ0v) is 14.8. The van der Waals surface area contributed by atoms with Crippen molar-refractivity contribution in [2.45, 2.75) is 25.6 Å². The lowest BCUT2D eigenvalue weighted by molar-refractivity contribution is -0.145. The van der Waals surface area contributed by atoms with Gasteiger partial charge >= 0.3 is 12.1 Å². The molecule has 0 fully saturated rings. The fraction of sp³-hybridized carbons (Fsp3) is 0.200. The van der Waals surface area contributed by atoms with Crippen molar-refractivity contribution in [1.82, 2.24) is 4.98 Å². The molecule has 0 aliphatic heterocycles. The number of halogens is 5. The molecule has 0 spiro atoms. The highest BCUT2D eigenvalue weighted by Crippen LogP contribution is 2.29. The standard InChI is InChI=1S/C20H14F5NO3/c21-14-4-5-15(16(22)9-14)17-10-26-18(29-17)6-7-19(27)28-11-12-2-1-3-13(8-12)20(23,24)25/h1-5,8-10H,6-7,11H2. The van der Waals surface area contributed by atoms with Gasteiger partial charge in [0, 0.05) is 12.5 Å². The predicted octanol–water partition coefficient (Wildman–Crippen LogP) is 5.31. The zero-order valence-electron chi connectivity index (χ0n) is 14.8. The van der Waals surface area contributed by atoms with E-state index in [0.29, 0.717) is 6.07 Å². The normalized spacial score (nSPS) is 11.5. The number of carbonyl (C=O) groups is 1. The van der Waals surface area contributed by atoms with Gasteiger partial charge in [0.05, 0.1) is 23.7 Å². The number of aromatic nitrogens is 1. The Bertz CT molecular complexity index is 1010. The summed E-state index contributed by atoms with van der Waals surface area (Å²) in [6.45, 7) is -0.305. The molecule has 29 heavy (non-hydrogen) atoms. The maximum atomic E-state index is 13.8. The average Bonchev–Trinajstić information content (AvgIpc) is 3.13. The van der Waals surface area contributed by atoms with Crippen LogP contribution in [0.4, 0.5) is 22.0 Å². The van der Waals surface area contributed by atoms with Gasteiger partial charge in [0.25, 0.3) is 0 Å². The minimum atomic E-state index is -4.48. The second-order valence-corrected chi connectivity index (χ2v) is 6.10. The van der Waals surface area contributed by atoms with E-state index in [-0.39, 0.29) is 42.2 Å². The van der Waals surface area contributed by atoms with Crippen molar-refractivity contribution in [2.75, 3.05) is 0 Å². The number of benzene rings is 2. The maximum Gasteiger partial charge on any atom is 0.416 e. The van der Waals surface area contributed by atoms with Crippen LogP contribution in [-0.2, 0) is 28.7 Å². The lowest BCUT2D eigenvalue weighted by Gasteiger charge is -2.09. The summed E-state index contributed by atoms with van der Waals surface area (Å²) in [5.74, 6) is -1.98. The van der Waals surface area contributed by atoms with Crippen LogP contribution in [0.5, 0.6) is 0 Å². The van der Waals surface area contributed by atoms with Gasteiger partial charge in [-0.25, -0.2) is 13.8 Å². The summed E-state index contributed by atoms with van der Waals surface area (Å²) in [6.07, 6.45) is -3.32. The number of hydrogen-bond donors (Lipinski definition) is 0. The summed E-state index contributed by atoms with van der Waals surface area (Å²) < 4.78 is 75.1. The monoisotopic (exact) mass is 411 g/mol. The third-order valence-corrected chi connectivity index (χ3v) is 3.95. The Labute approximate surface area is 161 Å². The molecule has 0 aliphatic carbocycles. The highest BCUT2D eigenvalue weighted by molar-refractivity contribution is 5.69. The number of oxazole rings is 1. The highest BCUT2D eigenvalue weighted by Gasteiger charge is 2.30. The largest absolute Gasteiger partial charge is 0.461 e. The van der Waals surface area contributed by atoms with Crippen LogP contribution in [0.3, 0.4) is 0 Å². The first kappa shape index (κ1) is 20.5. The number of ether oxygens (including phenoxy) is 1. The molecule has 0 amide bonds. The second kappa shape index (κ2) is 8.42. The van der Waals surface area contributed by atoms with Crippen LogP contribution in [0.1, 0.15) is 23.4 Å². The van der Waals surface area contributed by atoms with Gasteiger partial charge < -0.3 is 9.15 Å². The van der Waals surface area contributed by atoms with E-state index < -0.39 is 29.3 Å². The summed E-state index contributed by atoms with van der Waals surface area (Å²) in [5, 5.41) is 0. The van der Waals surface area contributed by atoms with E-state index in [1.165, 1.54) is 24.4 Å². The number of hydrogen-bond acceptors (Lipinski definition) is 4. The Kier molecular flexibility index (Phi) is 5.95. The van der Waals surface area contributed by atoms with Crippen molar-refractivity contribution in [3.8, 4) is 11.3 Å². The van der Waals surface area contributed by atoms with Gasteiger partial charge in [-0.3, -0.25) is 4.79 Å². The second-order valence-electron chi connectivity index (χ2n) is 6.10. The van der Waals surface area contributed by atoms with E-state index in [1.54, 1.807) is 0 Å². The Morgan fingerprint density at radius 2 is 1.90 bits per heavy atom. The molecule has 9 heteroatoms. The van der Waals surface area contributed by atoms with Crippen molar-refractivity contribution < 1.29 is 35.9 Å². The Balaban J connectivity index is 1.53.